The van der Waals surface area contributed by atoms with E-state index in [0.29, 0.717) is 17.2 Å². The molecule has 5 nitrogen and oxygen atoms in total. The van der Waals surface area contributed by atoms with E-state index in [2.05, 4.69) is 19.9 Å². The van der Waals surface area contributed by atoms with Crippen molar-refractivity contribution in [2.24, 2.45) is 0 Å². The molecule has 5 aromatic rings. The van der Waals surface area contributed by atoms with Gasteiger partial charge >= 0.3 is 0 Å². The molecule has 0 saturated heterocycles. The predicted octanol–water partition coefficient (Wildman–Crippen LogP) is 5.99. The van der Waals surface area contributed by atoms with Crippen LogP contribution in [0.25, 0.3) is 33.3 Å². The Bertz CT molecular complexity index is 1390. The van der Waals surface area contributed by atoms with Gasteiger partial charge in [0.25, 0.3) is 0 Å². The summed E-state index contributed by atoms with van der Waals surface area (Å²) in [7, 11) is 0. The third-order valence-corrected chi connectivity index (χ3v) is 5.00. The maximum Gasteiger partial charge on any atom is 0.230 e. The van der Waals surface area contributed by atoms with E-state index in [1.54, 1.807) is 37.6 Å². The van der Waals surface area contributed by atoms with Gasteiger partial charge in [-0.2, -0.15) is 0 Å². The zero-order valence-corrected chi connectivity index (χ0v) is 16.7. The number of ether oxygens (including phenoxy) is 1. The maximum atomic E-state index is 13.8. The lowest BCUT2D eigenvalue weighted by Crippen LogP contribution is -1.94. The molecule has 5 rings (SSSR count). The molecule has 0 spiro atoms. The van der Waals surface area contributed by atoms with Crippen LogP contribution in [0.3, 0.4) is 0 Å². The molecular formula is C25H17FN4O. The molecule has 0 aliphatic heterocycles. The summed E-state index contributed by atoms with van der Waals surface area (Å²) >= 11 is 0. The third-order valence-electron chi connectivity index (χ3n) is 5.00. The fraction of sp³-hybridized carbons (Fsp3) is 0.0400. The molecule has 0 aliphatic rings. The number of benzene rings is 2. The number of hydrogen-bond acceptors (Lipinski definition) is 5. The molecule has 0 fully saturated rings. The van der Waals surface area contributed by atoms with Gasteiger partial charge in [-0.25, -0.2) is 14.4 Å². The van der Waals surface area contributed by atoms with E-state index < -0.39 is 0 Å². The molecular weight excluding hydrogens is 391 g/mol. The number of aromatic nitrogens is 4. The smallest absolute Gasteiger partial charge is 0.230 e. The van der Waals surface area contributed by atoms with Crippen LogP contribution in [0.4, 0.5) is 4.39 Å². The molecule has 6 heteroatoms. The van der Waals surface area contributed by atoms with Gasteiger partial charge in [0, 0.05) is 23.5 Å². The molecule has 0 radical (unpaired) electrons. The summed E-state index contributed by atoms with van der Waals surface area (Å²) in [5.74, 6) is 0.806. The Labute approximate surface area is 178 Å². The minimum Gasteiger partial charge on any atom is -0.437 e. The van der Waals surface area contributed by atoms with Crippen molar-refractivity contribution in [3.63, 3.8) is 0 Å². The topological polar surface area (TPSA) is 60.8 Å². The second-order valence-corrected chi connectivity index (χ2v) is 7.07. The fourth-order valence-electron chi connectivity index (χ4n) is 3.46. The average molecular weight is 408 g/mol. The molecule has 0 unspecified atom stereocenters. The van der Waals surface area contributed by atoms with E-state index >= 15 is 0 Å². The van der Waals surface area contributed by atoms with Gasteiger partial charge in [-0.3, -0.25) is 9.97 Å². The van der Waals surface area contributed by atoms with Crippen molar-refractivity contribution in [1.82, 2.24) is 19.9 Å². The van der Waals surface area contributed by atoms with E-state index in [1.165, 1.54) is 12.4 Å². The van der Waals surface area contributed by atoms with Gasteiger partial charge in [-0.15, -0.1) is 0 Å². The summed E-state index contributed by atoms with van der Waals surface area (Å²) < 4.78 is 19.7. The summed E-state index contributed by atoms with van der Waals surface area (Å²) in [4.78, 5) is 17.3. The van der Waals surface area contributed by atoms with Gasteiger partial charge in [-0.05, 0) is 66.6 Å². The number of pyridine rings is 2. The number of rotatable bonds is 4. The van der Waals surface area contributed by atoms with Crippen molar-refractivity contribution in [1.29, 1.82) is 0 Å². The van der Waals surface area contributed by atoms with Crippen LogP contribution in [-0.4, -0.2) is 19.9 Å². The van der Waals surface area contributed by atoms with Crippen LogP contribution in [0, 0.1) is 12.7 Å². The van der Waals surface area contributed by atoms with Crippen LogP contribution >= 0.6 is 0 Å². The van der Waals surface area contributed by atoms with Crippen LogP contribution < -0.4 is 4.74 Å². The largest absolute Gasteiger partial charge is 0.437 e. The summed E-state index contributed by atoms with van der Waals surface area (Å²) in [5.41, 5.74) is 4.83. The molecule has 2 aromatic carbocycles. The lowest BCUT2D eigenvalue weighted by molar-refractivity contribution is 0.466. The Kier molecular flexibility index (Phi) is 4.80. The van der Waals surface area contributed by atoms with Crippen LogP contribution in [0.15, 0.2) is 85.6 Å². The highest BCUT2D eigenvalue weighted by Gasteiger charge is 2.13. The molecule has 31 heavy (non-hydrogen) atoms. The van der Waals surface area contributed by atoms with Gasteiger partial charge in [0.15, 0.2) is 0 Å². The van der Waals surface area contributed by atoms with Crippen molar-refractivity contribution in [3.05, 3.63) is 97.0 Å². The van der Waals surface area contributed by atoms with E-state index in [0.717, 1.165) is 33.3 Å². The molecule has 0 bridgehead atoms. The molecule has 0 saturated carbocycles. The summed E-state index contributed by atoms with van der Waals surface area (Å²) in [6.45, 7) is 1.75. The molecule has 3 aromatic heterocycles. The first-order chi connectivity index (χ1) is 15.2. The lowest BCUT2D eigenvalue weighted by Gasteiger charge is -2.12. The Morgan fingerprint density at radius 2 is 1.71 bits per heavy atom. The number of hydrogen-bond donors (Lipinski definition) is 0. The van der Waals surface area contributed by atoms with E-state index in [-0.39, 0.29) is 5.82 Å². The number of halogens is 1. The minimum atomic E-state index is -0.235. The van der Waals surface area contributed by atoms with Gasteiger partial charge in [0.2, 0.25) is 5.88 Å². The van der Waals surface area contributed by atoms with Crippen LogP contribution in [-0.2, 0) is 0 Å². The minimum absolute atomic E-state index is 0.235. The summed E-state index contributed by atoms with van der Waals surface area (Å²) in [5, 5.41) is 0.772. The summed E-state index contributed by atoms with van der Waals surface area (Å²) in [6, 6.07) is 18.4. The molecule has 0 aliphatic carbocycles. The maximum absolute atomic E-state index is 13.8. The van der Waals surface area contributed by atoms with Crippen LogP contribution in [0.1, 0.15) is 5.56 Å². The fourth-order valence-corrected chi connectivity index (χ4v) is 3.46. The molecule has 0 N–H and O–H groups in total. The second-order valence-electron chi connectivity index (χ2n) is 7.07. The Morgan fingerprint density at radius 1 is 0.839 bits per heavy atom. The second kappa shape index (κ2) is 7.91. The molecule has 0 atom stereocenters. The highest BCUT2D eigenvalue weighted by Crippen LogP contribution is 2.34. The zero-order chi connectivity index (χ0) is 21.2. The molecule has 0 amide bonds. The third kappa shape index (κ3) is 3.71. The zero-order valence-electron chi connectivity index (χ0n) is 16.7. The Balaban J connectivity index is 1.63. The van der Waals surface area contributed by atoms with Crippen molar-refractivity contribution >= 4 is 10.9 Å². The average Bonchev–Trinajstić information content (AvgIpc) is 2.81. The lowest BCUT2D eigenvalue weighted by atomic mass is 9.97. The number of fused-ring (bicyclic) bond motifs is 1. The van der Waals surface area contributed by atoms with Crippen LogP contribution in [0.2, 0.25) is 0 Å². The van der Waals surface area contributed by atoms with Gasteiger partial charge in [-0.1, -0.05) is 12.1 Å². The Morgan fingerprint density at radius 3 is 2.55 bits per heavy atom. The van der Waals surface area contributed by atoms with Gasteiger partial charge < -0.3 is 4.74 Å². The Hall–Kier alpha value is -4.19. The van der Waals surface area contributed by atoms with E-state index in [1.807, 2.05) is 42.5 Å². The molecule has 3 heterocycles. The first kappa shape index (κ1) is 18.8. The summed E-state index contributed by atoms with van der Waals surface area (Å²) in [6.07, 6.45) is 6.53. The van der Waals surface area contributed by atoms with Crippen molar-refractivity contribution in [2.45, 2.75) is 6.92 Å². The normalized spacial score (nSPS) is 10.9. The first-order valence-electron chi connectivity index (χ1n) is 9.73. The van der Waals surface area contributed by atoms with E-state index in [9.17, 15) is 4.39 Å². The SMILES string of the molecule is Cc1cc(-c2ncccc2-c2ccc3ncnc(Oc4cccnc4)c3c2)ccc1F. The quantitative estimate of drug-likeness (QED) is 0.365. The molecule has 150 valence electrons. The van der Waals surface area contributed by atoms with Crippen molar-refractivity contribution in [2.75, 3.05) is 0 Å². The van der Waals surface area contributed by atoms with Gasteiger partial charge in [0.05, 0.1) is 22.8 Å². The van der Waals surface area contributed by atoms with Crippen molar-refractivity contribution in [3.8, 4) is 34.0 Å². The standard InChI is InChI=1S/C25H17FN4O/c1-16-12-18(6-8-22(16)26)24-20(5-3-11-28-24)17-7-9-23-21(13-17)25(30-15-29-23)31-19-4-2-10-27-14-19/h2-15H,1H3. The number of nitrogens with zero attached hydrogens (tertiary/aromatic N) is 4. The number of aryl methyl sites for hydroxylation is 1. The van der Waals surface area contributed by atoms with E-state index in [4.69, 9.17) is 4.74 Å². The highest BCUT2D eigenvalue weighted by molar-refractivity contribution is 5.91. The van der Waals surface area contributed by atoms with Gasteiger partial charge in [0.1, 0.15) is 17.9 Å². The first-order valence-corrected chi connectivity index (χ1v) is 9.73. The predicted molar refractivity (Wildman–Crippen MR) is 117 cm³/mol. The monoisotopic (exact) mass is 408 g/mol. The highest BCUT2D eigenvalue weighted by atomic mass is 19.1. The van der Waals surface area contributed by atoms with Crippen molar-refractivity contribution < 1.29 is 9.13 Å². The van der Waals surface area contributed by atoms with Crippen LogP contribution in [0.5, 0.6) is 11.6 Å².